The lowest BCUT2D eigenvalue weighted by Crippen LogP contribution is -2.51. The highest BCUT2D eigenvalue weighted by Gasteiger charge is 2.40. The standard InChI is InChI=1S/C50H54F3N9O7/c1-26(2)41(58-48(65)67-5)45(63)60-18-8-12-37(60)43-54-24-34(56-43)28-15-17-36-31(20-28)22-39-33-16-14-29(23-40(33)69-47(62(36)39)30-10-7-11-32(21-30)50(51,52)53)35-25-55-44(57-35)38-13-9-19-61(38)46(64)42(27(3)4)59-49(66)68-6/h7,10-11,14-17,20-27,37-38,41-42,47H,8-9,12-13,18-19H2,1-6H3,(H,54,56)(H,55,57)(H,58,65)(H,59,66)/t37-,38-,41-,42-,47?/m0/s1. The third-order valence-electron chi connectivity index (χ3n) is 13.4. The molecule has 19 heteroatoms. The fraction of sp³-hybridized carbons (Fsp3) is 0.400. The lowest BCUT2D eigenvalue weighted by Gasteiger charge is -2.31. The Hall–Kier alpha value is -7.31. The van der Waals surface area contributed by atoms with E-state index in [1.807, 2.05) is 74.7 Å². The number of hydrogen-bond donors (Lipinski definition) is 4. The molecule has 0 aliphatic carbocycles. The predicted octanol–water partition coefficient (Wildman–Crippen LogP) is 9.13. The summed E-state index contributed by atoms with van der Waals surface area (Å²) in [7, 11) is 2.51. The normalized spacial score (nSPS) is 18.7. The number of carbonyl (C=O) groups is 4. The summed E-state index contributed by atoms with van der Waals surface area (Å²) in [5, 5.41) is 6.15. The Bertz CT molecular complexity index is 2920. The first-order valence-corrected chi connectivity index (χ1v) is 23.1. The van der Waals surface area contributed by atoms with Gasteiger partial charge in [-0.25, -0.2) is 19.6 Å². The Labute approximate surface area is 395 Å². The number of hydrogen-bond acceptors (Lipinski definition) is 9. The number of amides is 4. The van der Waals surface area contributed by atoms with Gasteiger partial charge in [-0.05, 0) is 80.0 Å². The fourth-order valence-corrected chi connectivity index (χ4v) is 9.81. The Balaban J connectivity index is 1.04. The number of fused-ring (bicyclic) bond motifs is 5. The minimum atomic E-state index is -4.58. The molecule has 3 aromatic carbocycles. The van der Waals surface area contributed by atoms with Gasteiger partial charge in [0.1, 0.15) is 29.5 Å². The number of benzene rings is 3. The van der Waals surface area contributed by atoms with Crippen molar-refractivity contribution >= 4 is 34.9 Å². The number of likely N-dealkylation sites (tertiary alicyclic amines) is 2. The Morgan fingerprint density at radius 1 is 0.739 bits per heavy atom. The number of imidazole rings is 2. The van der Waals surface area contributed by atoms with Crippen LogP contribution < -0.4 is 15.4 Å². The summed E-state index contributed by atoms with van der Waals surface area (Å²) in [6.07, 6.45) is -0.668. The lowest BCUT2D eigenvalue weighted by atomic mass is 10.0. The van der Waals surface area contributed by atoms with Crippen molar-refractivity contribution in [1.29, 1.82) is 0 Å². The first-order valence-electron chi connectivity index (χ1n) is 23.1. The Morgan fingerprint density at radius 3 is 1.83 bits per heavy atom. The molecule has 3 aromatic heterocycles. The number of halogens is 3. The SMILES string of the molecule is COC(=O)N[C@H](C(=O)N1CCC[C@H]1c1ncc(-c2ccc3c(c2)OC(c2cccc(C(F)(F)F)c2)n2c-3cc3cc(-c4cnc([C@@H]5CCCN5C(=O)[C@@H](NC(=O)OC)C(C)C)[nH]4)ccc32)[nH]1)C(C)C. The van der Waals surface area contributed by atoms with Gasteiger partial charge in [-0.3, -0.25) is 9.59 Å². The summed E-state index contributed by atoms with van der Waals surface area (Å²) >= 11 is 0. The summed E-state index contributed by atoms with van der Waals surface area (Å²) in [6, 6.07) is 16.4. The number of aromatic amines is 2. The van der Waals surface area contributed by atoms with Gasteiger partial charge in [-0.2, -0.15) is 13.2 Å². The topological polar surface area (TPSA) is 189 Å². The van der Waals surface area contributed by atoms with Crippen LogP contribution >= 0.6 is 0 Å². The van der Waals surface area contributed by atoms with Gasteiger partial charge in [0, 0.05) is 40.7 Å². The molecule has 0 bridgehead atoms. The number of nitrogens with zero attached hydrogens (tertiary/aromatic N) is 5. The van der Waals surface area contributed by atoms with Crippen LogP contribution in [0.15, 0.2) is 79.1 Å². The highest BCUT2D eigenvalue weighted by atomic mass is 19.4. The van der Waals surface area contributed by atoms with E-state index in [1.165, 1.54) is 20.3 Å². The molecule has 16 nitrogen and oxygen atoms in total. The van der Waals surface area contributed by atoms with E-state index in [2.05, 4.69) is 20.6 Å². The van der Waals surface area contributed by atoms with Crippen molar-refractivity contribution in [1.82, 2.24) is 44.9 Å². The number of carbonyl (C=O) groups excluding carboxylic acids is 4. The number of methoxy groups -OCH3 is 2. The summed E-state index contributed by atoms with van der Waals surface area (Å²) < 4.78 is 60.7. The first-order chi connectivity index (χ1) is 33.0. The van der Waals surface area contributed by atoms with Crippen LogP contribution in [0.25, 0.3) is 44.7 Å². The highest BCUT2D eigenvalue weighted by Crippen LogP contribution is 2.47. The maximum absolute atomic E-state index is 14.2. The van der Waals surface area contributed by atoms with Crippen molar-refractivity contribution in [2.45, 2.75) is 89.9 Å². The number of alkyl carbamates (subject to hydrolysis) is 2. The molecule has 2 saturated heterocycles. The van der Waals surface area contributed by atoms with Crippen molar-refractivity contribution in [2.75, 3.05) is 27.3 Å². The van der Waals surface area contributed by atoms with Gasteiger partial charge in [-0.1, -0.05) is 52.0 Å². The largest absolute Gasteiger partial charge is 0.465 e. The number of nitrogens with one attached hydrogen (secondary N) is 4. The van der Waals surface area contributed by atoms with Gasteiger partial charge in [0.05, 0.1) is 66.9 Å². The molecule has 3 aliphatic rings. The first kappa shape index (κ1) is 46.8. The van der Waals surface area contributed by atoms with Gasteiger partial charge < -0.3 is 49.2 Å². The van der Waals surface area contributed by atoms with E-state index >= 15 is 0 Å². The van der Waals surface area contributed by atoms with Crippen LogP contribution in [0, 0.1) is 11.8 Å². The molecule has 69 heavy (non-hydrogen) atoms. The van der Waals surface area contributed by atoms with E-state index in [9.17, 15) is 32.3 Å². The molecule has 2 fully saturated rings. The predicted molar refractivity (Wildman–Crippen MR) is 248 cm³/mol. The molecule has 9 rings (SSSR count). The summed E-state index contributed by atoms with van der Waals surface area (Å²) in [4.78, 5) is 71.5. The van der Waals surface area contributed by atoms with Crippen LogP contribution in [-0.2, 0) is 25.2 Å². The number of ether oxygens (including phenoxy) is 3. The Kier molecular flexibility index (Phi) is 12.6. The summed E-state index contributed by atoms with van der Waals surface area (Å²) in [6.45, 7) is 8.43. The lowest BCUT2D eigenvalue weighted by molar-refractivity contribution is -0.138. The van der Waals surface area contributed by atoms with Crippen LogP contribution in [0.1, 0.15) is 94.5 Å². The quantitative estimate of drug-likeness (QED) is 0.0982. The minimum absolute atomic E-state index is 0.182. The zero-order valence-electron chi connectivity index (χ0n) is 39.0. The summed E-state index contributed by atoms with van der Waals surface area (Å²) in [5.74, 6) is 0.823. The van der Waals surface area contributed by atoms with Crippen molar-refractivity contribution in [3.63, 3.8) is 0 Å². The molecule has 362 valence electrons. The van der Waals surface area contributed by atoms with Gasteiger partial charge >= 0.3 is 18.4 Å². The molecule has 4 amide bonds. The summed E-state index contributed by atoms with van der Waals surface area (Å²) in [5.41, 5.74) is 4.55. The third-order valence-corrected chi connectivity index (χ3v) is 13.4. The van der Waals surface area contributed by atoms with E-state index < -0.39 is 42.2 Å². The van der Waals surface area contributed by atoms with Crippen molar-refractivity contribution in [3.05, 3.63) is 102 Å². The van der Waals surface area contributed by atoms with Crippen molar-refractivity contribution in [2.24, 2.45) is 11.8 Å². The maximum atomic E-state index is 14.2. The van der Waals surface area contributed by atoms with E-state index in [-0.39, 0.29) is 35.7 Å². The molecule has 6 aromatic rings. The number of H-pyrrole nitrogens is 2. The minimum Gasteiger partial charge on any atom is -0.465 e. The molecule has 3 aliphatic heterocycles. The molecular formula is C50H54F3N9O7. The smallest absolute Gasteiger partial charge is 0.416 e. The second-order valence-corrected chi connectivity index (χ2v) is 18.4. The van der Waals surface area contributed by atoms with E-state index in [0.717, 1.165) is 52.7 Å². The van der Waals surface area contributed by atoms with Gasteiger partial charge in [0.15, 0.2) is 0 Å². The number of alkyl halides is 3. The molecule has 4 N–H and O–H groups in total. The molecular weight excluding hydrogens is 896 g/mol. The zero-order chi connectivity index (χ0) is 48.9. The third kappa shape index (κ3) is 8.97. The second kappa shape index (κ2) is 18.6. The highest BCUT2D eigenvalue weighted by molar-refractivity contribution is 5.93. The van der Waals surface area contributed by atoms with Crippen LogP contribution in [0.3, 0.4) is 0 Å². The van der Waals surface area contributed by atoms with Crippen LogP contribution in [0.2, 0.25) is 0 Å². The molecule has 1 unspecified atom stereocenters. The molecule has 0 saturated carbocycles. The second-order valence-electron chi connectivity index (χ2n) is 18.4. The van der Waals surface area contributed by atoms with Crippen LogP contribution in [-0.4, -0.2) is 97.7 Å². The van der Waals surface area contributed by atoms with Gasteiger partial charge in [0.2, 0.25) is 18.0 Å². The van der Waals surface area contributed by atoms with E-state index in [1.54, 1.807) is 28.3 Å². The molecule has 0 radical (unpaired) electrons. The van der Waals surface area contributed by atoms with Gasteiger partial charge in [0.25, 0.3) is 0 Å². The molecule has 0 spiro atoms. The average molecular weight is 950 g/mol. The molecule has 6 heterocycles. The van der Waals surface area contributed by atoms with Crippen molar-refractivity contribution in [3.8, 4) is 39.5 Å². The monoisotopic (exact) mass is 949 g/mol. The zero-order valence-corrected chi connectivity index (χ0v) is 39.0. The van der Waals surface area contributed by atoms with E-state index in [0.29, 0.717) is 65.8 Å². The fourth-order valence-electron chi connectivity index (χ4n) is 9.81. The van der Waals surface area contributed by atoms with E-state index in [4.69, 9.17) is 24.2 Å². The average Bonchev–Trinajstić information content (AvgIpc) is 4.20. The van der Waals surface area contributed by atoms with Crippen LogP contribution in [0.4, 0.5) is 22.8 Å². The molecule has 5 atom stereocenters. The van der Waals surface area contributed by atoms with Gasteiger partial charge in [-0.15, -0.1) is 0 Å². The maximum Gasteiger partial charge on any atom is 0.416 e. The Morgan fingerprint density at radius 2 is 1.29 bits per heavy atom. The van der Waals surface area contributed by atoms with Crippen LogP contribution in [0.5, 0.6) is 5.75 Å². The van der Waals surface area contributed by atoms with Crippen molar-refractivity contribution < 1.29 is 46.6 Å². The number of aromatic nitrogens is 5. The number of rotatable bonds is 11.